The highest BCUT2D eigenvalue weighted by atomic mass is 32.2. The fourth-order valence-electron chi connectivity index (χ4n) is 3.26. The number of hydrogen-bond acceptors (Lipinski definition) is 5. The molecule has 178 valence electrons. The van der Waals surface area contributed by atoms with E-state index in [0.29, 0.717) is 11.3 Å². The Bertz CT molecular complexity index is 1420. The maximum Gasteiger partial charge on any atom is 0.264 e. The number of rotatable bonds is 9. The van der Waals surface area contributed by atoms with Crippen molar-refractivity contribution < 1.29 is 21.6 Å². The van der Waals surface area contributed by atoms with Gasteiger partial charge in [-0.25, -0.2) is 21.6 Å². The van der Waals surface area contributed by atoms with Crippen molar-refractivity contribution in [1.82, 2.24) is 4.72 Å². The second-order valence-corrected chi connectivity index (χ2v) is 11.0. The predicted molar refractivity (Wildman–Crippen MR) is 133 cm³/mol. The predicted octanol–water partition coefficient (Wildman–Crippen LogP) is 3.54. The van der Waals surface area contributed by atoms with Crippen LogP contribution in [0.3, 0.4) is 0 Å². The number of para-hydroxylation sites is 1. The Balaban J connectivity index is 1.93. The Morgan fingerprint density at radius 2 is 1.68 bits per heavy atom. The van der Waals surface area contributed by atoms with Crippen molar-refractivity contribution in [1.29, 1.82) is 0 Å². The molecule has 0 aliphatic carbocycles. The first kappa shape index (κ1) is 25.2. The van der Waals surface area contributed by atoms with E-state index in [4.69, 9.17) is 0 Å². The zero-order valence-corrected chi connectivity index (χ0v) is 20.4. The standard InChI is InChI=1S/C24H25N3O5S2/c1-4-15-27(21-10-6-5-7-11-21)34(31,32)22-12-8-9-19(16-22)24(28)26-20-14-13-18(2)23(17-20)33(29,30)25-3/h4-14,16-17,25H,1,15H2,2-3H3,(H,26,28). The van der Waals surface area contributed by atoms with Crippen LogP contribution in [0.15, 0.2) is 95.2 Å². The Hall–Kier alpha value is -3.47. The van der Waals surface area contributed by atoms with Gasteiger partial charge >= 0.3 is 0 Å². The fourth-order valence-corrected chi connectivity index (χ4v) is 5.74. The summed E-state index contributed by atoms with van der Waals surface area (Å²) in [7, 11) is -6.40. The summed E-state index contributed by atoms with van der Waals surface area (Å²) in [5.41, 5.74) is 1.35. The van der Waals surface area contributed by atoms with Gasteiger partial charge in [0.25, 0.3) is 15.9 Å². The fraction of sp³-hybridized carbons (Fsp3) is 0.125. The highest BCUT2D eigenvalue weighted by Crippen LogP contribution is 2.25. The van der Waals surface area contributed by atoms with Crippen LogP contribution in [0.5, 0.6) is 0 Å². The van der Waals surface area contributed by atoms with Crippen LogP contribution < -0.4 is 14.3 Å². The maximum atomic E-state index is 13.4. The topological polar surface area (TPSA) is 113 Å². The zero-order chi connectivity index (χ0) is 24.9. The molecule has 8 nitrogen and oxygen atoms in total. The normalized spacial score (nSPS) is 11.6. The smallest absolute Gasteiger partial charge is 0.264 e. The van der Waals surface area contributed by atoms with Gasteiger partial charge in [-0.2, -0.15) is 0 Å². The van der Waals surface area contributed by atoms with Crippen LogP contribution in [-0.2, 0) is 20.0 Å². The van der Waals surface area contributed by atoms with Crippen LogP contribution >= 0.6 is 0 Å². The van der Waals surface area contributed by atoms with Gasteiger partial charge in [-0.1, -0.05) is 36.4 Å². The van der Waals surface area contributed by atoms with E-state index in [0.717, 1.165) is 0 Å². The number of nitrogens with zero attached hydrogens (tertiary/aromatic N) is 1. The molecule has 0 spiro atoms. The second kappa shape index (κ2) is 10.2. The van der Waals surface area contributed by atoms with E-state index in [-0.39, 0.29) is 27.6 Å². The molecular weight excluding hydrogens is 474 g/mol. The minimum Gasteiger partial charge on any atom is -0.322 e. The average molecular weight is 500 g/mol. The van der Waals surface area contributed by atoms with Gasteiger partial charge in [0.2, 0.25) is 10.0 Å². The van der Waals surface area contributed by atoms with Gasteiger partial charge < -0.3 is 5.32 Å². The minimum atomic E-state index is -3.99. The summed E-state index contributed by atoms with van der Waals surface area (Å²) in [4.78, 5) is 12.8. The molecule has 0 aliphatic rings. The Morgan fingerprint density at radius 3 is 2.32 bits per heavy atom. The highest BCUT2D eigenvalue weighted by molar-refractivity contribution is 7.92. The lowest BCUT2D eigenvalue weighted by molar-refractivity contribution is 0.102. The van der Waals surface area contributed by atoms with E-state index in [9.17, 15) is 21.6 Å². The van der Waals surface area contributed by atoms with E-state index in [1.165, 1.54) is 47.8 Å². The molecule has 0 unspecified atom stereocenters. The van der Waals surface area contributed by atoms with Gasteiger partial charge in [-0.15, -0.1) is 6.58 Å². The van der Waals surface area contributed by atoms with Crippen molar-refractivity contribution >= 4 is 37.3 Å². The molecule has 1 amide bonds. The Labute approximate surface area is 200 Å². The van der Waals surface area contributed by atoms with Crippen molar-refractivity contribution in [2.24, 2.45) is 0 Å². The molecule has 10 heteroatoms. The Morgan fingerprint density at radius 1 is 0.971 bits per heavy atom. The molecule has 2 N–H and O–H groups in total. The van der Waals surface area contributed by atoms with Crippen LogP contribution in [0.25, 0.3) is 0 Å². The van der Waals surface area contributed by atoms with Crippen molar-refractivity contribution in [2.75, 3.05) is 23.2 Å². The lowest BCUT2D eigenvalue weighted by atomic mass is 10.2. The number of sulfonamides is 2. The molecule has 0 aromatic heterocycles. The molecule has 0 saturated heterocycles. The molecule has 0 atom stereocenters. The minimum absolute atomic E-state index is 0.0343. The molecule has 0 bridgehead atoms. The van der Waals surface area contributed by atoms with E-state index < -0.39 is 26.0 Å². The summed E-state index contributed by atoms with van der Waals surface area (Å²) in [5, 5.41) is 2.63. The summed E-state index contributed by atoms with van der Waals surface area (Å²) >= 11 is 0. The van der Waals surface area contributed by atoms with Crippen molar-refractivity contribution in [3.63, 3.8) is 0 Å². The molecule has 0 saturated carbocycles. The maximum absolute atomic E-state index is 13.4. The summed E-state index contributed by atoms with van der Waals surface area (Å²) in [6.45, 7) is 5.34. The molecule has 0 heterocycles. The van der Waals surface area contributed by atoms with Gasteiger partial charge in [-0.3, -0.25) is 9.10 Å². The van der Waals surface area contributed by atoms with Gasteiger partial charge in [0, 0.05) is 11.3 Å². The number of benzene rings is 3. The van der Waals surface area contributed by atoms with Crippen LogP contribution in [0.4, 0.5) is 11.4 Å². The third kappa shape index (κ3) is 5.36. The van der Waals surface area contributed by atoms with Crippen molar-refractivity contribution in [3.8, 4) is 0 Å². The lowest BCUT2D eigenvalue weighted by Crippen LogP contribution is -2.31. The Kier molecular flexibility index (Phi) is 7.55. The quantitative estimate of drug-likeness (QED) is 0.437. The molecular formula is C24H25N3O5S2. The number of hydrogen-bond donors (Lipinski definition) is 2. The molecule has 0 fully saturated rings. The molecule has 3 rings (SSSR count). The lowest BCUT2D eigenvalue weighted by Gasteiger charge is -2.23. The summed E-state index contributed by atoms with van der Waals surface area (Å²) in [6, 6.07) is 18.7. The van der Waals surface area contributed by atoms with Crippen LogP contribution in [0, 0.1) is 6.92 Å². The summed E-state index contributed by atoms with van der Waals surface area (Å²) in [5.74, 6) is -0.580. The van der Waals surface area contributed by atoms with Gasteiger partial charge in [0.15, 0.2) is 0 Å². The second-order valence-electron chi connectivity index (χ2n) is 7.33. The number of anilines is 2. The number of carbonyl (C=O) groups is 1. The van der Waals surface area contributed by atoms with Crippen LogP contribution in [-0.4, -0.2) is 36.3 Å². The van der Waals surface area contributed by atoms with E-state index in [1.807, 2.05) is 0 Å². The third-order valence-electron chi connectivity index (χ3n) is 5.03. The average Bonchev–Trinajstić information content (AvgIpc) is 2.84. The van der Waals surface area contributed by atoms with Crippen LogP contribution in [0.1, 0.15) is 15.9 Å². The number of aryl methyl sites for hydroxylation is 1. The highest BCUT2D eigenvalue weighted by Gasteiger charge is 2.25. The van der Waals surface area contributed by atoms with Crippen molar-refractivity contribution in [2.45, 2.75) is 16.7 Å². The third-order valence-corrected chi connectivity index (χ3v) is 8.37. The van der Waals surface area contributed by atoms with E-state index >= 15 is 0 Å². The summed E-state index contributed by atoms with van der Waals surface area (Å²) < 4.78 is 54.6. The molecule has 0 radical (unpaired) electrons. The number of amides is 1. The first-order valence-electron chi connectivity index (χ1n) is 10.2. The summed E-state index contributed by atoms with van der Waals surface area (Å²) in [6.07, 6.45) is 1.48. The first-order valence-corrected chi connectivity index (χ1v) is 13.2. The van der Waals surface area contributed by atoms with Crippen molar-refractivity contribution in [3.05, 3.63) is 96.6 Å². The first-order chi connectivity index (χ1) is 16.1. The molecule has 34 heavy (non-hydrogen) atoms. The molecule has 3 aromatic rings. The monoisotopic (exact) mass is 499 g/mol. The largest absolute Gasteiger partial charge is 0.322 e. The van der Waals surface area contributed by atoms with Gasteiger partial charge in [-0.05, 0) is 62.0 Å². The molecule has 3 aromatic carbocycles. The van der Waals surface area contributed by atoms with E-state index in [2.05, 4.69) is 16.6 Å². The zero-order valence-electron chi connectivity index (χ0n) is 18.7. The van der Waals surface area contributed by atoms with Crippen LogP contribution in [0.2, 0.25) is 0 Å². The number of nitrogens with one attached hydrogen (secondary N) is 2. The number of carbonyl (C=O) groups excluding carboxylic acids is 1. The van der Waals surface area contributed by atoms with Gasteiger partial charge in [0.05, 0.1) is 22.0 Å². The molecule has 0 aliphatic heterocycles. The van der Waals surface area contributed by atoms with E-state index in [1.54, 1.807) is 49.4 Å². The van der Waals surface area contributed by atoms with Gasteiger partial charge in [0.1, 0.15) is 0 Å². The SMILES string of the molecule is C=CCN(c1ccccc1)S(=O)(=O)c1cccc(C(=O)Nc2ccc(C)c(S(=O)(=O)NC)c2)c1.